The van der Waals surface area contributed by atoms with Crippen LogP contribution < -0.4 is 0 Å². The monoisotopic (exact) mass is 419 g/mol. The van der Waals surface area contributed by atoms with E-state index in [0.717, 1.165) is 17.7 Å². The van der Waals surface area contributed by atoms with Gasteiger partial charge in [-0.3, -0.25) is 9.78 Å². The van der Waals surface area contributed by atoms with Crippen LogP contribution in [0.25, 0.3) is 10.6 Å². The Morgan fingerprint density at radius 3 is 2.48 bits per heavy atom. The number of hydrogen-bond donors (Lipinski definition) is 0. The largest absolute Gasteiger partial charge is 0.416 e. The summed E-state index contributed by atoms with van der Waals surface area (Å²) in [5, 5.41) is 2.36. The van der Waals surface area contributed by atoms with Crippen molar-refractivity contribution in [3.8, 4) is 10.6 Å². The van der Waals surface area contributed by atoms with Crippen LogP contribution in [-0.4, -0.2) is 26.8 Å². The molecule has 29 heavy (non-hydrogen) atoms. The zero-order valence-electron chi connectivity index (χ0n) is 16.0. The number of thiazole rings is 1. The van der Waals surface area contributed by atoms with E-state index in [9.17, 15) is 18.0 Å². The van der Waals surface area contributed by atoms with Crippen LogP contribution >= 0.6 is 11.3 Å². The first-order chi connectivity index (χ1) is 13.7. The van der Waals surface area contributed by atoms with Crippen molar-refractivity contribution in [2.24, 2.45) is 0 Å². The van der Waals surface area contributed by atoms with Crippen molar-refractivity contribution in [2.45, 2.75) is 39.0 Å². The molecule has 0 radical (unpaired) electrons. The normalized spacial score (nSPS) is 11.7. The second kappa shape index (κ2) is 8.73. The number of amides is 1. The molecule has 0 aliphatic carbocycles. The van der Waals surface area contributed by atoms with Gasteiger partial charge in [-0.15, -0.1) is 11.3 Å². The molecule has 8 heteroatoms. The molecule has 3 rings (SSSR count). The molecule has 0 fully saturated rings. The van der Waals surface area contributed by atoms with E-state index in [4.69, 9.17) is 0 Å². The second-order valence-corrected chi connectivity index (χ2v) is 7.73. The maximum Gasteiger partial charge on any atom is 0.416 e. The lowest BCUT2D eigenvalue weighted by Gasteiger charge is -2.26. The van der Waals surface area contributed by atoms with Crippen LogP contribution in [0.5, 0.6) is 0 Å². The predicted octanol–water partition coefficient (Wildman–Crippen LogP) is 5.20. The van der Waals surface area contributed by atoms with Gasteiger partial charge in [0.25, 0.3) is 0 Å². The Bertz CT molecular complexity index is 953. The number of aromatic nitrogens is 2. The van der Waals surface area contributed by atoms with Gasteiger partial charge in [-0.1, -0.05) is 18.2 Å². The minimum absolute atomic E-state index is 0.00993. The van der Waals surface area contributed by atoms with Crippen molar-refractivity contribution in [1.82, 2.24) is 14.9 Å². The molecule has 1 amide bonds. The minimum atomic E-state index is -4.37. The van der Waals surface area contributed by atoms with Gasteiger partial charge < -0.3 is 4.90 Å². The molecule has 0 aliphatic rings. The summed E-state index contributed by atoms with van der Waals surface area (Å²) in [6.07, 6.45) is -0.819. The first kappa shape index (κ1) is 21.0. The van der Waals surface area contributed by atoms with Crippen molar-refractivity contribution in [2.75, 3.05) is 0 Å². The van der Waals surface area contributed by atoms with Crippen LogP contribution in [0, 0.1) is 0 Å². The zero-order valence-corrected chi connectivity index (χ0v) is 16.8. The molecule has 152 valence electrons. The van der Waals surface area contributed by atoms with Gasteiger partial charge in [0.15, 0.2) is 0 Å². The first-order valence-electron chi connectivity index (χ1n) is 9.04. The third-order valence-corrected chi connectivity index (χ3v) is 5.30. The minimum Gasteiger partial charge on any atom is -0.336 e. The third-order valence-electron chi connectivity index (χ3n) is 4.36. The Morgan fingerprint density at radius 1 is 1.17 bits per heavy atom. The van der Waals surface area contributed by atoms with Gasteiger partial charge in [-0.05, 0) is 37.6 Å². The number of pyridine rings is 1. The molecule has 0 unspecified atom stereocenters. The molecule has 0 bridgehead atoms. The first-order valence-corrected chi connectivity index (χ1v) is 9.92. The maximum absolute atomic E-state index is 12.8. The smallest absolute Gasteiger partial charge is 0.336 e. The van der Waals surface area contributed by atoms with Gasteiger partial charge in [0.2, 0.25) is 5.91 Å². The van der Waals surface area contributed by atoms with Gasteiger partial charge in [0.05, 0.1) is 17.7 Å². The van der Waals surface area contributed by atoms with Crippen LogP contribution in [-0.2, 0) is 23.9 Å². The van der Waals surface area contributed by atoms with E-state index in [1.54, 1.807) is 22.7 Å². The highest BCUT2D eigenvalue weighted by molar-refractivity contribution is 7.13. The van der Waals surface area contributed by atoms with Crippen molar-refractivity contribution >= 4 is 17.2 Å². The van der Waals surface area contributed by atoms with Gasteiger partial charge in [-0.2, -0.15) is 13.2 Å². The summed E-state index contributed by atoms with van der Waals surface area (Å²) in [6.45, 7) is 4.35. The van der Waals surface area contributed by atoms with E-state index in [2.05, 4.69) is 9.97 Å². The summed E-state index contributed by atoms with van der Waals surface area (Å²) in [5.74, 6) is -0.0619. The Morgan fingerprint density at radius 2 is 1.90 bits per heavy atom. The van der Waals surface area contributed by atoms with Gasteiger partial charge in [-0.25, -0.2) is 4.98 Å². The molecule has 4 nitrogen and oxygen atoms in total. The molecule has 0 saturated heterocycles. The summed E-state index contributed by atoms with van der Waals surface area (Å²) in [7, 11) is 0. The molecule has 3 aromatic rings. The second-order valence-electron chi connectivity index (χ2n) is 6.87. The van der Waals surface area contributed by atoms with Crippen molar-refractivity contribution in [3.63, 3.8) is 0 Å². The quantitative estimate of drug-likeness (QED) is 0.551. The van der Waals surface area contributed by atoms with Crippen LogP contribution in [0.1, 0.15) is 30.7 Å². The lowest BCUT2D eigenvalue weighted by molar-refractivity contribution is -0.137. The highest BCUT2D eigenvalue weighted by Gasteiger charge is 2.30. The van der Waals surface area contributed by atoms with Crippen LogP contribution in [0.4, 0.5) is 13.2 Å². The molecule has 0 N–H and O–H groups in total. The summed E-state index contributed by atoms with van der Waals surface area (Å²) >= 11 is 1.31. The highest BCUT2D eigenvalue weighted by Crippen LogP contribution is 2.31. The van der Waals surface area contributed by atoms with E-state index in [0.29, 0.717) is 22.8 Å². The molecular weight excluding hydrogens is 399 g/mol. The Labute approximate surface area is 171 Å². The molecule has 2 heterocycles. The Balaban J connectivity index is 1.70. The van der Waals surface area contributed by atoms with E-state index in [1.807, 2.05) is 26.0 Å². The number of carbonyl (C=O) groups is 1. The topological polar surface area (TPSA) is 46.1 Å². The fourth-order valence-electron chi connectivity index (χ4n) is 2.83. The summed E-state index contributed by atoms with van der Waals surface area (Å²) in [5.41, 5.74) is 1.44. The summed E-state index contributed by atoms with van der Waals surface area (Å²) in [6, 6.07) is 8.63. The van der Waals surface area contributed by atoms with Crippen LogP contribution in [0.15, 0.2) is 54.2 Å². The average molecular weight is 419 g/mol. The molecular formula is C21H20F3N3OS. The van der Waals surface area contributed by atoms with Gasteiger partial charge in [0, 0.05) is 35.9 Å². The number of benzene rings is 1. The molecule has 0 aliphatic heterocycles. The number of halogens is 3. The molecule has 1 aromatic carbocycles. The van der Waals surface area contributed by atoms with Crippen molar-refractivity contribution in [1.29, 1.82) is 0 Å². The number of hydrogen-bond acceptors (Lipinski definition) is 4. The maximum atomic E-state index is 12.8. The van der Waals surface area contributed by atoms with Crippen molar-refractivity contribution < 1.29 is 18.0 Å². The Hall–Kier alpha value is -2.74. The molecule has 0 spiro atoms. The highest BCUT2D eigenvalue weighted by atomic mass is 32.1. The fourth-order valence-corrected chi connectivity index (χ4v) is 3.65. The Kier molecular flexibility index (Phi) is 6.32. The summed E-state index contributed by atoms with van der Waals surface area (Å²) in [4.78, 5) is 23.1. The van der Waals surface area contributed by atoms with Gasteiger partial charge in [0.1, 0.15) is 5.01 Å². The van der Waals surface area contributed by atoms with E-state index < -0.39 is 11.7 Å². The predicted molar refractivity (Wildman–Crippen MR) is 106 cm³/mol. The van der Waals surface area contributed by atoms with E-state index >= 15 is 0 Å². The lowest BCUT2D eigenvalue weighted by Crippen LogP contribution is -2.37. The number of rotatable bonds is 6. The fraction of sp³-hybridized carbons (Fsp3) is 0.286. The third kappa shape index (κ3) is 5.41. The molecule has 2 aromatic heterocycles. The van der Waals surface area contributed by atoms with Gasteiger partial charge >= 0.3 is 6.18 Å². The number of alkyl halides is 3. The average Bonchev–Trinajstić information content (AvgIpc) is 3.14. The van der Waals surface area contributed by atoms with E-state index in [1.165, 1.54) is 23.5 Å². The van der Waals surface area contributed by atoms with Crippen LogP contribution in [0.3, 0.4) is 0 Å². The summed E-state index contributed by atoms with van der Waals surface area (Å²) < 4.78 is 38.1. The molecule has 0 atom stereocenters. The number of carbonyl (C=O) groups excluding carboxylic acids is 1. The van der Waals surface area contributed by atoms with Crippen molar-refractivity contribution in [3.05, 3.63) is 71.0 Å². The molecule has 0 saturated carbocycles. The SMILES string of the molecule is CC(C)N(Cc1cccnc1)C(=O)Cc1csc(-c2ccc(C(F)(F)F)cc2)n1. The lowest BCUT2D eigenvalue weighted by atomic mass is 10.1. The number of nitrogens with zero attached hydrogens (tertiary/aromatic N) is 3. The van der Waals surface area contributed by atoms with E-state index in [-0.39, 0.29) is 18.4 Å². The zero-order chi connectivity index (χ0) is 21.0. The standard InChI is InChI=1S/C21H20F3N3OS/c1-14(2)27(12-15-4-3-9-25-11-15)19(28)10-18-13-29-20(26-18)16-5-7-17(8-6-16)21(22,23)24/h3-9,11,13-14H,10,12H2,1-2H3. The van der Waals surface area contributed by atoms with Crippen LogP contribution in [0.2, 0.25) is 0 Å².